The van der Waals surface area contributed by atoms with Crippen LogP contribution in [0.2, 0.25) is 0 Å². The van der Waals surface area contributed by atoms with Gasteiger partial charge >= 0.3 is 0 Å². The number of ether oxygens (including phenoxy) is 1. The molecule has 0 aliphatic carbocycles. The van der Waals surface area contributed by atoms with Crippen LogP contribution in [0.15, 0.2) is 41.4 Å². The molecular weight excluding hydrogens is 380 g/mol. The lowest BCUT2D eigenvalue weighted by Crippen LogP contribution is -2.00. The maximum absolute atomic E-state index is 14.3. The highest BCUT2D eigenvalue weighted by atomic mass is 19.2. The number of aliphatic imine (C=N–C) groups is 1. The number of aryl methyl sites for hydroxylation is 1. The molecule has 2 aromatic rings. The van der Waals surface area contributed by atoms with Gasteiger partial charge in [-0.05, 0) is 42.5 Å². The normalized spacial score (nSPS) is 11.3. The average Bonchev–Trinajstić information content (AvgIpc) is 2.76. The Morgan fingerprint density at radius 2 is 1.43 bits per heavy atom. The van der Waals surface area contributed by atoms with Crippen LogP contribution in [0.5, 0.6) is 5.75 Å². The van der Waals surface area contributed by atoms with Crippen molar-refractivity contribution in [3.63, 3.8) is 0 Å². The zero-order chi connectivity index (χ0) is 21.6. The molecule has 0 atom stereocenters. The van der Waals surface area contributed by atoms with Crippen LogP contribution in [0.25, 0.3) is 0 Å². The molecule has 0 N–H and O–H groups in total. The van der Waals surface area contributed by atoms with Gasteiger partial charge in [0.1, 0.15) is 5.69 Å². The first-order chi connectivity index (χ1) is 14.7. The second-order valence-electron chi connectivity index (χ2n) is 7.78. The molecule has 0 bridgehead atoms. The zero-order valence-electron chi connectivity index (χ0n) is 18.4. The van der Waals surface area contributed by atoms with E-state index in [-0.39, 0.29) is 11.4 Å². The molecule has 164 valence electrons. The third-order valence-electron chi connectivity index (χ3n) is 5.18. The number of benzene rings is 2. The standard InChI is InChI=1S/C26H35F2NO/c1-3-5-7-8-9-10-12-21-13-15-22(16-14-21)20-29-23-17-18-24(26(28)25(23)27)30-19-11-6-4-2/h13-18,20H,3-12,19H2,1-2H3/b29-20+. The second-order valence-corrected chi connectivity index (χ2v) is 7.78. The number of hydrogen-bond donors (Lipinski definition) is 0. The monoisotopic (exact) mass is 415 g/mol. The van der Waals surface area contributed by atoms with Gasteiger partial charge in [0, 0.05) is 6.21 Å². The molecule has 0 saturated heterocycles. The summed E-state index contributed by atoms with van der Waals surface area (Å²) < 4.78 is 33.8. The van der Waals surface area contributed by atoms with Crippen molar-refractivity contribution in [1.29, 1.82) is 0 Å². The van der Waals surface area contributed by atoms with Crippen LogP contribution in [0.4, 0.5) is 14.5 Å². The summed E-state index contributed by atoms with van der Waals surface area (Å²) in [6.07, 6.45) is 13.2. The smallest absolute Gasteiger partial charge is 0.202 e. The predicted molar refractivity (Wildman–Crippen MR) is 122 cm³/mol. The van der Waals surface area contributed by atoms with Crippen LogP contribution in [-0.2, 0) is 6.42 Å². The molecule has 0 aliphatic heterocycles. The lowest BCUT2D eigenvalue weighted by Gasteiger charge is -2.08. The van der Waals surface area contributed by atoms with E-state index in [0.29, 0.717) is 6.61 Å². The van der Waals surface area contributed by atoms with E-state index >= 15 is 0 Å². The summed E-state index contributed by atoms with van der Waals surface area (Å²) in [7, 11) is 0. The van der Waals surface area contributed by atoms with Crippen LogP contribution in [0, 0.1) is 11.6 Å². The van der Waals surface area contributed by atoms with Crippen molar-refractivity contribution < 1.29 is 13.5 Å². The van der Waals surface area contributed by atoms with Crippen molar-refractivity contribution in [2.24, 2.45) is 4.99 Å². The Kier molecular flexibility index (Phi) is 11.1. The number of unbranched alkanes of at least 4 members (excludes halogenated alkanes) is 7. The molecule has 0 aromatic heterocycles. The third kappa shape index (κ3) is 8.25. The molecule has 2 aromatic carbocycles. The van der Waals surface area contributed by atoms with E-state index in [1.807, 2.05) is 12.1 Å². The first-order valence-electron chi connectivity index (χ1n) is 11.4. The lowest BCUT2D eigenvalue weighted by atomic mass is 10.0. The van der Waals surface area contributed by atoms with E-state index in [2.05, 4.69) is 31.0 Å². The number of nitrogens with zero attached hydrogens (tertiary/aromatic N) is 1. The molecule has 4 heteroatoms. The van der Waals surface area contributed by atoms with E-state index in [1.165, 1.54) is 56.2 Å². The number of rotatable bonds is 14. The van der Waals surface area contributed by atoms with Crippen molar-refractivity contribution in [1.82, 2.24) is 0 Å². The van der Waals surface area contributed by atoms with Crippen molar-refractivity contribution in [3.05, 3.63) is 59.2 Å². The summed E-state index contributed by atoms with van der Waals surface area (Å²) in [6.45, 7) is 4.70. The Morgan fingerprint density at radius 1 is 0.767 bits per heavy atom. The van der Waals surface area contributed by atoms with Gasteiger partial charge in [-0.2, -0.15) is 4.39 Å². The van der Waals surface area contributed by atoms with Crippen LogP contribution >= 0.6 is 0 Å². The largest absolute Gasteiger partial charge is 0.490 e. The Labute approximate surface area is 180 Å². The molecule has 0 spiro atoms. The number of halogens is 2. The molecule has 0 heterocycles. The first kappa shape index (κ1) is 24.0. The maximum Gasteiger partial charge on any atom is 0.202 e. The van der Waals surface area contributed by atoms with Crippen molar-refractivity contribution in [2.45, 2.75) is 78.1 Å². The average molecular weight is 416 g/mol. The van der Waals surface area contributed by atoms with Crippen LogP contribution in [0.1, 0.15) is 82.8 Å². The molecule has 0 fully saturated rings. The highest BCUT2D eigenvalue weighted by molar-refractivity contribution is 5.82. The van der Waals surface area contributed by atoms with Crippen molar-refractivity contribution in [2.75, 3.05) is 6.61 Å². The summed E-state index contributed by atoms with van der Waals surface area (Å²) >= 11 is 0. The summed E-state index contributed by atoms with van der Waals surface area (Å²) in [5.74, 6) is -2.00. The molecule has 2 rings (SSSR count). The van der Waals surface area contributed by atoms with Gasteiger partial charge in [0.25, 0.3) is 0 Å². The SMILES string of the molecule is CCCCCCCCc1ccc(/C=N/c2ccc(OCCCCC)c(F)c2F)cc1. The van der Waals surface area contributed by atoms with Crippen LogP contribution < -0.4 is 4.74 Å². The fraction of sp³-hybridized carbons (Fsp3) is 0.500. The van der Waals surface area contributed by atoms with Gasteiger partial charge < -0.3 is 4.74 Å². The Bertz CT molecular complexity index is 771. The fourth-order valence-corrected chi connectivity index (χ4v) is 3.29. The van der Waals surface area contributed by atoms with Gasteiger partial charge in [0.15, 0.2) is 11.6 Å². The van der Waals surface area contributed by atoms with Crippen LogP contribution in [0.3, 0.4) is 0 Å². The predicted octanol–water partition coefficient (Wildman–Crippen LogP) is 8.19. The van der Waals surface area contributed by atoms with Gasteiger partial charge in [0.05, 0.1) is 6.61 Å². The molecule has 0 saturated carbocycles. The minimum absolute atomic E-state index is 0.0236. The first-order valence-corrected chi connectivity index (χ1v) is 11.4. The minimum atomic E-state index is -0.976. The van der Waals surface area contributed by atoms with Gasteiger partial charge in [0.2, 0.25) is 5.82 Å². The van der Waals surface area contributed by atoms with Gasteiger partial charge in [-0.1, -0.05) is 83.1 Å². The maximum atomic E-state index is 14.3. The van der Waals surface area contributed by atoms with Crippen LogP contribution in [-0.4, -0.2) is 12.8 Å². The summed E-state index contributed by atoms with van der Waals surface area (Å²) in [5, 5.41) is 0. The molecule has 2 nitrogen and oxygen atoms in total. The summed E-state index contributed by atoms with van der Waals surface area (Å²) in [5.41, 5.74) is 2.13. The second kappa shape index (κ2) is 13.9. The van der Waals surface area contributed by atoms with Crippen molar-refractivity contribution >= 4 is 11.9 Å². The highest BCUT2D eigenvalue weighted by Gasteiger charge is 2.13. The van der Waals surface area contributed by atoms with Gasteiger partial charge in [-0.25, -0.2) is 4.39 Å². The molecule has 0 aliphatic rings. The van der Waals surface area contributed by atoms with E-state index in [1.54, 1.807) is 6.21 Å². The topological polar surface area (TPSA) is 21.6 Å². The molecule has 0 amide bonds. The Morgan fingerprint density at radius 3 is 2.17 bits per heavy atom. The van der Waals surface area contributed by atoms with Crippen molar-refractivity contribution in [3.8, 4) is 5.75 Å². The molecule has 0 unspecified atom stereocenters. The van der Waals surface area contributed by atoms with E-state index in [4.69, 9.17) is 4.74 Å². The number of hydrogen-bond acceptors (Lipinski definition) is 2. The summed E-state index contributed by atoms with van der Waals surface area (Å²) in [6, 6.07) is 11.0. The fourth-order valence-electron chi connectivity index (χ4n) is 3.29. The third-order valence-corrected chi connectivity index (χ3v) is 5.18. The summed E-state index contributed by atoms with van der Waals surface area (Å²) in [4.78, 5) is 4.13. The van der Waals surface area contributed by atoms with E-state index in [0.717, 1.165) is 31.2 Å². The quantitative estimate of drug-likeness (QED) is 0.225. The Hall–Kier alpha value is -2.23. The molecule has 0 radical (unpaired) electrons. The van der Waals surface area contributed by atoms with Gasteiger partial charge in [-0.3, -0.25) is 4.99 Å². The van der Waals surface area contributed by atoms with E-state index < -0.39 is 11.6 Å². The molecule has 30 heavy (non-hydrogen) atoms. The minimum Gasteiger partial charge on any atom is -0.490 e. The Balaban J connectivity index is 1.87. The van der Waals surface area contributed by atoms with E-state index in [9.17, 15) is 8.78 Å². The molecular formula is C26H35F2NO. The lowest BCUT2D eigenvalue weighted by molar-refractivity contribution is 0.286. The van der Waals surface area contributed by atoms with Gasteiger partial charge in [-0.15, -0.1) is 0 Å². The zero-order valence-corrected chi connectivity index (χ0v) is 18.4. The highest BCUT2D eigenvalue weighted by Crippen LogP contribution is 2.28.